The number of para-hydroxylation sites is 1. The number of benzene rings is 1. The van der Waals surface area contributed by atoms with Crippen LogP contribution < -0.4 is 5.56 Å². The second-order valence-corrected chi connectivity index (χ2v) is 5.45. The topological polar surface area (TPSA) is 78.5 Å². The highest BCUT2D eigenvalue weighted by Crippen LogP contribution is 2.14. The second kappa shape index (κ2) is 5.93. The molecule has 2 unspecified atom stereocenters. The number of aliphatic hydroxyl groups is 1. The van der Waals surface area contributed by atoms with E-state index in [0.29, 0.717) is 36.4 Å². The number of H-pyrrole nitrogens is 1. The van der Waals surface area contributed by atoms with E-state index in [-0.39, 0.29) is 24.3 Å². The highest BCUT2D eigenvalue weighted by molar-refractivity contribution is 5.77. The fourth-order valence-corrected chi connectivity index (χ4v) is 2.61. The van der Waals surface area contributed by atoms with Crippen molar-refractivity contribution in [3.05, 3.63) is 40.4 Å². The van der Waals surface area contributed by atoms with Crippen LogP contribution in [0.5, 0.6) is 0 Å². The number of fused-ring (bicyclic) bond motifs is 1. The third-order valence-electron chi connectivity index (χ3n) is 3.85. The number of rotatable bonds is 3. The van der Waals surface area contributed by atoms with Gasteiger partial charge in [0, 0.05) is 12.6 Å². The number of aromatic nitrogens is 2. The van der Waals surface area contributed by atoms with Gasteiger partial charge in [-0.15, -0.1) is 0 Å². The summed E-state index contributed by atoms with van der Waals surface area (Å²) in [6, 6.07) is 7.54. The Balaban J connectivity index is 1.85. The maximum absolute atomic E-state index is 12.1. The molecule has 1 aliphatic rings. The average molecular weight is 289 g/mol. The Kier molecular flexibility index (Phi) is 4.01. The zero-order chi connectivity index (χ0) is 14.8. The largest absolute Gasteiger partial charge is 0.394 e. The van der Waals surface area contributed by atoms with Crippen molar-refractivity contribution in [2.75, 3.05) is 19.8 Å². The van der Waals surface area contributed by atoms with Crippen molar-refractivity contribution in [3.8, 4) is 0 Å². The molecule has 2 aromatic rings. The molecule has 1 fully saturated rings. The molecule has 1 aromatic carbocycles. The molecule has 1 aromatic heterocycles. The number of morpholine rings is 1. The van der Waals surface area contributed by atoms with E-state index in [4.69, 9.17) is 4.74 Å². The predicted octanol–water partition coefficient (Wildman–Crippen LogP) is 0.505. The minimum atomic E-state index is -0.173. The van der Waals surface area contributed by atoms with Crippen LogP contribution in [-0.2, 0) is 11.3 Å². The minimum absolute atomic E-state index is 0.00485. The van der Waals surface area contributed by atoms with Gasteiger partial charge < -0.3 is 14.8 Å². The van der Waals surface area contributed by atoms with Crippen molar-refractivity contribution in [2.24, 2.45) is 0 Å². The summed E-state index contributed by atoms with van der Waals surface area (Å²) < 4.78 is 5.52. The molecule has 0 spiro atoms. The van der Waals surface area contributed by atoms with E-state index in [1.54, 1.807) is 6.07 Å². The molecule has 2 heterocycles. The van der Waals surface area contributed by atoms with Crippen LogP contribution in [0.1, 0.15) is 12.7 Å². The highest BCUT2D eigenvalue weighted by Gasteiger charge is 2.26. The Morgan fingerprint density at radius 3 is 3.10 bits per heavy atom. The summed E-state index contributed by atoms with van der Waals surface area (Å²) in [5, 5.41) is 9.82. The first kappa shape index (κ1) is 14.2. The molecule has 2 atom stereocenters. The van der Waals surface area contributed by atoms with Gasteiger partial charge in [0.1, 0.15) is 5.82 Å². The molecule has 0 amide bonds. The average Bonchev–Trinajstić information content (AvgIpc) is 2.49. The van der Waals surface area contributed by atoms with Gasteiger partial charge in [-0.3, -0.25) is 9.69 Å². The molecule has 2 N–H and O–H groups in total. The molecular formula is C15H19N3O3. The summed E-state index contributed by atoms with van der Waals surface area (Å²) >= 11 is 0. The maximum Gasteiger partial charge on any atom is 0.258 e. The Hall–Kier alpha value is -1.76. The summed E-state index contributed by atoms with van der Waals surface area (Å²) in [6.07, 6.45) is -0.173. The summed E-state index contributed by atoms with van der Waals surface area (Å²) in [4.78, 5) is 21.6. The fraction of sp³-hybridized carbons (Fsp3) is 0.467. The predicted molar refractivity (Wildman–Crippen MR) is 79.1 cm³/mol. The van der Waals surface area contributed by atoms with Crippen LogP contribution in [-0.4, -0.2) is 51.9 Å². The van der Waals surface area contributed by atoms with Crippen LogP contribution in [0.3, 0.4) is 0 Å². The van der Waals surface area contributed by atoms with Crippen molar-refractivity contribution in [1.82, 2.24) is 14.9 Å². The van der Waals surface area contributed by atoms with Gasteiger partial charge in [0.15, 0.2) is 0 Å². The second-order valence-electron chi connectivity index (χ2n) is 5.45. The molecule has 112 valence electrons. The van der Waals surface area contributed by atoms with Gasteiger partial charge in [0.25, 0.3) is 5.56 Å². The summed E-state index contributed by atoms with van der Waals surface area (Å²) in [5.41, 5.74) is 0.589. The van der Waals surface area contributed by atoms with Gasteiger partial charge in [0.2, 0.25) is 0 Å². The van der Waals surface area contributed by atoms with Crippen LogP contribution >= 0.6 is 0 Å². The highest BCUT2D eigenvalue weighted by atomic mass is 16.5. The number of nitrogens with zero attached hydrogens (tertiary/aromatic N) is 2. The first-order valence-electron chi connectivity index (χ1n) is 7.12. The van der Waals surface area contributed by atoms with E-state index in [9.17, 15) is 9.90 Å². The lowest BCUT2D eigenvalue weighted by Gasteiger charge is -2.36. The van der Waals surface area contributed by atoms with Gasteiger partial charge in [-0.05, 0) is 19.1 Å². The molecule has 0 bridgehead atoms. The first-order valence-corrected chi connectivity index (χ1v) is 7.12. The number of nitrogens with one attached hydrogen (secondary N) is 1. The van der Waals surface area contributed by atoms with E-state index < -0.39 is 0 Å². The third kappa shape index (κ3) is 2.97. The first-order chi connectivity index (χ1) is 10.2. The molecule has 0 aliphatic carbocycles. The van der Waals surface area contributed by atoms with Gasteiger partial charge in [0.05, 0.1) is 36.8 Å². The number of aliphatic hydroxyl groups excluding tert-OH is 1. The van der Waals surface area contributed by atoms with Crippen LogP contribution in [0, 0.1) is 0 Å². The lowest BCUT2D eigenvalue weighted by atomic mass is 10.2. The Morgan fingerprint density at radius 1 is 1.48 bits per heavy atom. The van der Waals surface area contributed by atoms with Crippen molar-refractivity contribution in [2.45, 2.75) is 25.6 Å². The van der Waals surface area contributed by atoms with E-state index in [1.165, 1.54) is 0 Å². The SMILES string of the molecule is CC1COC(CO)CN1Cc1nc2ccccc2c(=O)[nH]1. The van der Waals surface area contributed by atoms with Crippen molar-refractivity contribution in [3.63, 3.8) is 0 Å². The van der Waals surface area contributed by atoms with E-state index in [1.807, 2.05) is 18.2 Å². The molecule has 0 saturated carbocycles. The summed E-state index contributed by atoms with van der Waals surface area (Å²) in [5.74, 6) is 0.643. The molecule has 1 aliphatic heterocycles. The number of ether oxygens (including phenoxy) is 1. The fourth-order valence-electron chi connectivity index (χ4n) is 2.61. The van der Waals surface area contributed by atoms with Crippen molar-refractivity contribution in [1.29, 1.82) is 0 Å². The zero-order valence-electron chi connectivity index (χ0n) is 12.0. The summed E-state index contributed by atoms with van der Waals surface area (Å²) in [7, 11) is 0. The molecular weight excluding hydrogens is 270 g/mol. The lowest BCUT2D eigenvalue weighted by molar-refractivity contribution is -0.0811. The molecule has 3 rings (SSSR count). The quantitative estimate of drug-likeness (QED) is 0.860. The van der Waals surface area contributed by atoms with Crippen LogP contribution in [0.15, 0.2) is 29.1 Å². The normalized spacial score (nSPS) is 23.5. The number of hydrogen-bond acceptors (Lipinski definition) is 5. The van der Waals surface area contributed by atoms with Gasteiger partial charge in [-0.25, -0.2) is 4.98 Å². The van der Waals surface area contributed by atoms with E-state index in [2.05, 4.69) is 21.8 Å². The van der Waals surface area contributed by atoms with Crippen molar-refractivity contribution >= 4 is 10.9 Å². The third-order valence-corrected chi connectivity index (χ3v) is 3.85. The van der Waals surface area contributed by atoms with E-state index in [0.717, 1.165) is 0 Å². The van der Waals surface area contributed by atoms with Crippen LogP contribution in [0.25, 0.3) is 10.9 Å². The Labute approximate surface area is 122 Å². The maximum atomic E-state index is 12.1. The van der Waals surface area contributed by atoms with Crippen molar-refractivity contribution < 1.29 is 9.84 Å². The molecule has 6 heteroatoms. The molecule has 1 saturated heterocycles. The van der Waals surface area contributed by atoms with Crippen LogP contribution in [0.2, 0.25) is 0 Å². The monoisotopic (exact) mass is 289 g/mol. The standard InChI is InChI=1S/C15H19N3O3/c1-10-9-21-11(8-19)6-18(10)7-14-16-13-5-3-2-4-12(13)15(20)17-14/h2-5,10-11,19H,6-9H2,1H3,(H,16,17,20). The lowest BCUT2D eigenvalue weighted by Crippen LogP contribution is -2.49. The van der Waals surface area contributed by atoms with Crippen LogP contribution in [0.4, 0.5) is 0 Å². The Morgan fingerprint density at radius 2 is 2.29 bits per heavy atom. The summed E-state index contributed by atoms with van der Waals surface area (Å²) in [6.45, 7) is 3.82. The molecule has 21 heavy (non-hydrogen) atoms. The minimum Gasteiger partial charge on any atom is -0.394 e. The smallest absolute Gasteiger partial charge is 0.258 e. The van der Waals surface area contributed by atoms with Gasteiger partial charge >= 0.3 is 0 Å². The number of hydrogen-bond donors (Lipinski definition) is 2. The number of aromatic amines is 1. The Bertz CT molecular complexity index is 685. The van der Waals surface area contributed by atoms with Gasteiger partial charge in [-0.2, -0.15) is 0 Å². The van der Waals surface area contributed by atoms with Gasteiger partial charge in [-0.1, -0.05) is 12.1 Å². The zero-order valence-corrected chi connectivity index (χ0v) is 12.0. The van der Waals surface area contributed by atoms with E-state index >= 15 is 0 Å². The molecule has 0 radical (unpaired) electrons. The molecule has 6 nitrogen and oxygen atoms in total.